The molecule has 0 saturated heterocycles. The first-order valence-electron chi connectivity index (χ1n) is 22.5. The van der Waals surface area contributed by atoms with Crippen LogP contribution in [0.1, 0.15) is 65.8 Å². The molecule has 7 nitrogen and oxygen atoms in total. The highest BCUT2D eigenvalue weighted by atomic mass is 14.9. The largest absolute Gasteiger partial charge is 0.354 e. The summed E-state index contributed by atoms with van der Waals surface area (Å²) < 4.78 is 6.61. The number of pyridine rings is 3. The molecule has 8 bridgehead atoms. The van der Waals surface area contributed by atoms with Crippen LogP contribution in [0, 0.1) is 0 Å². The Kier molecular flexibility index (Phi) is 8.90. The second-order valence-corrected chi connectivity index (χ2v) is 16.9. The summed E-state index contributed by atoms with van der Waals surface area (Å²) in [7, 11) is 0. The van der Waals surface area contributed by atoms with Crippen molar-refractivity contribution in [2.75, 3.05) is 0 Å². The van der Waals surface area contributed by atoms with Gasteiger partial charge in [-0.15, -0.1) is 0 Å². The van der Waals surface area contributed by atoms with Crippen molar-refractivity contribution >= 4 is 54.6 Å². The zero-order chi connectivity index (χ0) is 42.9. The lowest BCUT2D eigenvalue weighted by molar-refractivity contribution is -0.693. The van der Waals surface area contributed by atoms with Crippen LogP contribution in [0.2, 0.25) is 0 Å². The summed E-state index contributed by atoms with van der Waals surface area (Å²) in [4.78, 5) is 15.9. The highest BCUT2D eigenvalue weighted by Crippen LogP contribution is 2.39. The van der Waals surface area contributed by atoms with Gasteiger partial charge in [-0.3, -0.25) is 0 Å². The molecular weight excluding hydrogens is 783 g/mol. The van der Waals surface area contributed by atoms with Gasteiger partial charge in [-0.05, 0) is 124 Å². The number of nitrogens with one attached hydrogen (secondary N) is 4. The van der Waals surface area contributed by atoms with Crippen LogP contribution in [-0.2, 0) is 19.6 Å². The predicted molar refractivity (Wildman–Crippen MR) is 255 cm³/mol. The number of rotatable bonds is 7. The fourth-order valence-corrected chi connectivity index (χ4v) is 10.0. The first kappa shape index (κ1) is 37.7. The van der Waals surface area contributed by atoms with Gasteiger partial charge in [-0.1, -0.05) is 54.6 Å². The molecule has 12 rings (SSSR count). The van der Waals surface area contributed by atoms with Crippen LogP contribution in [0.4, 0.5) is 0 Å². The minimum absolute atomic E-state index is 0.901. The van der Waals surface area contributed by atoms with Gasteiger partial charge in [0.1, 0.15) is 19.6 Å². The molecular formula is C57H48N7+3. The van der Waals surface area contributed by atoms with E-state index < -0.39 is 0 Å². The maximum atomic E-state index is 4.01. The highest BCUT2D eigenvalue weighted by molar-refractivity contribution is 6.24. The number of aryl methyl sites for hydroxylation is 3. The smallest absolute Gasteiger partial charge is 0.169 e. The molecule has 0 saturated carbocycles. The number of aromatic amines is 4. The summed E-state index contributed by atoms with van der Waals surface area (Å²) in [6, 6.07) is 51.6. The average molecular weight is 831 g/mol. The predicted octanol–water partition coefficient (Wildman–Crippen LogP) is 7.12. The lowest BCUT2D eigenvalue weighted by atomic mass is 9.89. The monoisotopic (exact) mass is 830 g/mol. The lowest BCUT2D eigenvalue weighted by Crippen LogP contribution is -2.31. The Hall–Kier alpha value is -8.03. The Morgan fingerprint density at radius 2 is 0.688 bits per heavy atom. The van der Waals surface area contributed by atoms with Crippen molar-refractivity contribution in [1.29, 1.82) is 0 Å². The normalized spacial score (nSPS) is 13.0. The number of hydrogen-bond donors (Lipinski definition) is 4. The third kappa shape index (κ3) is 6.15. The van der Waals surface area contributed by atoms with E-state index in [-0.39, 0.29) is 0 Å². The van der Waals surface area contributed by atoms with Crippen molar-refractivity contribution in [2.24, 2.45) is 0 Å². The zero-order valence-corrected chi connectivity index (χ0v) is 36.2. The van der Waals surface area contributed by atoms with Gasteiger partial charge in [-0.2, -0.15) is 0 Å². The minimum atomic E-state index is 0.901. The Bertz CT molecular complexity index is 3800. The van der Waals surface area contributed by atoms with Crippen LogP contribution in [-0.4, -0.2) is 19.9 Å². The van der Waals surface area contributed by atoms with Crippen LogP contribution < -0.4 is 35.1 Å². The summed E-state index contributed by atoms with van der Waals surface area (Å²) in [6.45, 7) is 9.22. The molecule has 0 unspecified atom stereocenters. The highest BCUT2D eigenvalue weighted by Gasteiger charge is 2.21. The molecule has 11 aromatic rings. The Balaban J connectivity index is 1.21. The number of aromatic nitrogens is 7. The van der Waals surface area contributed by atoms with Gasteiger partial charge in [0.25, 0.3) is 0 Å². The second-order valence-electron chi connectivity index (χ2n) is 16.9. The zero-order valence-electron chi connectivity index (χ0n) is 36.2. The topological polar surface area (TPSA) is 74.8 Å². The second kappa shape index (κ2) is 15.1. The van der Waals surface area contributed by atoms with Crippen LogP contribution in [0.5, 0.6) is 0 Å². The van der Waals surface area contributed by atoms with Crippen LogP contribution in [0.25, 0.3) is 54.6 Å². The van der Waals surface area contributed by atoms with Crippen molar-refractivity contribution in [3.8, 4) is 0 Å². The lowest BCUT2D eigenvalue weighted by Gasteiger charge is -2.15. The van der Waals surface area contributed by atoms with Gasteiger partial charge < -0.3 is 19.9 Å². The number of fused-ring (bicyclic) bond motifs is 8. The van der Waals surface area contributed by atoms with E-state index in [1.807, 2.05) is 0 Å². The minimum Gasteiger partial charge on any atom is -0.354 e. The van der Waals surface area contributed by atoms with Crippen molar-refractivity contribution < 1.29 is 13.7 Å². The molecule has 4 aromatic carbocycles. The van der Waals surface area contributed by atoms with Crippen molar-refractivity contribution in [3.63, 3.8) is 0 Å². The van der Waals surface area contributed by atoms with Gasteiger partial charge >= 0.3 is 0 Å². The standard InChI is InChI=1S/C57H46N7/c1-4-62-30-24-39(25-31-62)54-44-16-18-46(58-44)55(40-26-32-63(5-2)33-27-40)48-20-22-50(60-48)57(43-15-13-38-11-10-36-8-7-9-37-12-14-42(43)53(38)52(36)37)51-23-21-49(61-51)56(47-19-17-45(54)59-47)41-28-34-64(6-3)35-29-41/h7-35H,4-6H2,1-3H3,(H2,58,59,60,61)/q+1/p+2. The molecule has 0 aliphatic carbocycles. The van der Waals surface area contributed by atoms with Crippen LogP contribution >= 0.6 is 0 Å². The molecule has 8 heterocycles. The van der Waals surface area contributed by atoms with Gasteiger partial charge in [0, 0.05) is 103 Å². The van der Waals surface area contributed by atoms with E-state index in [1.165, 1.54) is 37.9 Å². The van der Waals surface area contributed by atoms with Gasteiger partial charge in [0.2, 0.25) is 0 Å². The Morgan fingerprint density at radius 3 is 1.11 bits per heavy atom. The third-order valence-electron chi connectivity index (χ3n) is 13.3. The van der Waals surface area contributed by atoms with Gasteiger partial charge in [0.05, 0.1) is 0 Å². The molecule has 308 valence electrons. The summed E-state index contributed by atoms with van der Waals surface area (Å²) in [5, 5.41) is 11.7. The summed E-state index contributed by atoms with van der Waals surface area (Å²) in [6.07, 6.45) is 13.0. The summed E-state index contributed by atoms with van der Waals surface area (Å²) in [5.41, 5.74) is 13.1. The Labute approximate surface area is 370 Å². The van der Waals surface area contributed by atoms with E-state index in [9.17, 15) is 0 Å². The first-order chi connectivity index (χ1) is 31.5. The molecule has 0 spiro atoms. The van der Waals surface area contributed by atoms with E-state index in [0.717, 1.165) is 103 Å². The quantitative estimate of drug-likeness (QED) is 0.0977. The van der Waals surface area contributed by atoms with E-state index in [2.05, 4.69) is 231 Å². The van der Waals surface area contributed by atoms with Crippen LogP contribution in [0.3, 0.4) is 0 Å². The van der Waals surface area contributed by atoms with Crippen molar-refractivity contribution in [2.45, 2.75) is 40.4 Å². The summed E-state index contributed by atoms with van der Waals surface area (Å²) >= 11 is 0. The maximum Gasteiger partial charge on any atom is 0.169 e. The molecule has 7 heteroatoms. The number of nitrogens with zero attached hydrogens (tertiary/aromatic N) is 3. The molecule has 7 aromatic heterocycles. The molecule has 0 amide bonds. The van der Waals surface area contributed by atoms with Gasteiger partial charge in [0.15, 0.2) is 37.2 Å². The van der Waals surface area contributed by atoms with E-state index in [4.69, 9.17) is 0 Å². The van der Waals surface area contributed by atoms with Gasteiger partial charge in [-0.25, -0.2) is 13.7 Å². The fraction of sp³-hybridized carbons (Fsp3) is 0.105. The SMILES string of the molecule is CC[n+]1ccc(C2=c3ccc([nH]3)=C(c3cc[n+](CC)cc3)c3ccc([nH]3)C(c3ccc4ccc5cccc6ccc3c4c56)=c3ccc([nH]3)=C(c3cc[n+](CC)cc3)c3ccc2[nH]3)cc1. The average Bonchev–Trinajstić information content (AvgIpc) is 4.20. The molecule has 1 aliphatic rings. The number of benzene rings is 4. The molecule has 0 atom stereocenters. The van der Waals surface area contributed by atoms with Crippen molar-refractivity contribution in [3.05, 3.63) is 243 Å². The Morgan fingerprint density at radius 1 is 0.328 bits per heavy atom. The molecule has 64 heavy (non-hydrogen) atoms. The molecule has 0 radical (unpaired) electrons. The van der Waals surface area contributed by atoms with Crippen LogP contribution in [0.15, 0.2) is 177 Å². The number of H-pyrrole nitrogens is 4. The number of hydrogen-bond acceptors (Lipinski definition) is 0. The van der Waals surface area contributed by atoms with Crippen molar-refractivity contribution in [1.82, 2.24) is 19.9 Å². The first-order valence-corrected chi connectivity index (χ1v) is 22.5. The molecule has 4 N–H and O–H groups in total. The summed E-state index contributed by atoms with van der Waals surface area (Å²) in [5.74, 6) is 0. The van der Waals surface area contributed by atoms with E-state index in [0.29, 0.717) is 0 Å². The molecule has 0 fully saturated rings. The fourth-order valence-electron chi connectivity index (χ4n) is 10.0. The third-order valence-corrected chi connectivity index (χ3v) is 13.3. The van der Waals surface area contributed by atoms with E-state index >= 15 is 0 Å². The molecule has 1 aliphatic heterocycles. The maximum absolute atomic E-state index is 4.01. The van der Waals surface area contributed by atoms with E-state index in [1.54, 1.807) is 0 Å².